The molecule has 1 saturated heterocycles. The zero-order valence-electron chi connectivity index (χ0n) is 9.58. The van der Waals surface area contributed by atoms with Crippen molar-refractivity contribution in [1.82, 2.24) is 5.32 Å². The molecule has 0 saturated carbocycles. The number of amides is 1. The summed E-state index contributed by atoms with van der Waals surface area (Å²) in [5, 5.41) is 12.5. The third-order valence-corrected chi connectivity index (χ3v) is 3.15. The number of nitrogens with one attached hydrogen (secondary N) is 1. The maximum absolute atomic E-state index is 13.2. The van der Waals surface area contributed by atoms with E-state index in [1.807, 2.05) is 0 Å². The highest BCUT2D eigenvalue weighted by atomic mass is 35.5. The van der Waals surface area contributed by atoms with Crippen LogP contribution in [0.3, 0.4) is 0 Å². The third kappa shape index (κ3) is 2.98. The molecule has 1 atom stereocenters. The second-order valence-electron chi connectivity index (χ2n) is 4.34. The normalized spacial score (nSPS) is 23.1. The fourth-order valence-electron chi connectivity index (χ4n) is 1.72. The van der Waals surface area contributed by atoms with Crippen molar-refractivity contribution in [2.24, 2.45) is 0 Å². The van der Waals surface area contributed by atoms with Gasteiger partial charge in [-0.1, -0.05) is 11.6 Å². The van der Waals surface area contributed by atoms with Gasteiger partial charge in [0.25, 0.3) is 5.91 Å². The molecule has 1 aromatic carbocycles. The third-order valence-electron chi connectivity index (χ3n) is 2.84. The standard InChI is InChI=1S/C12H13ClFNO3/c13-9-2-1-8(5-10(9)14)11(16)15-6-12(17)3-4-18-7-12/h1-2,5,17H,3-4,6-7H2,(H,15,16). The molecule has 1 aliphatic heterocycles. The van der Waals surface area contributed by atoms with Gasteiger partial charge in [-0.05, 0) is 18.2 Å². The fraction of sp³-hybridized carbons (Fsp3) is 0.417. The first-order chi connectivity index (χ1) is 8.50. The van der Waals surface area contributed by atoms with Gasteiger partial charge in [0.15, 0.2) is 0 Å². The Morgan fingerprint density at radius 1 is 1.61 bits per heavy atom. The van der Waals surface area contributed by atoms with Crippen molar-refractivity contribution in [2.75, 3.05) is 19.8 Å². The van der Waals surface area contributed by atoms with E-state index in [9.17, 15) is 14.3 Å². The van der Waals surface area contributed by atoms with Crippen LogP contribution in [0.15, 0.2) is 18.2 Å². The quantitative estimate of drug-likeness (QED) is 0.874. The summed E-state index contributed by atoms with van der Waals surface area (Å²) < 4.78 is 18.2. The molecule has 1 unspecified atom stereocenters. The van der Waals surface area contributed by atoms with Crippen LogP contribution in [0, 0.1) is 5.82 Å². The Morgan fingerprint density at radius 3 is 3.00 bits per heavy atom. The molecule has 1 amide bonds. The van der Waals surface area contributed by atoms with Crippen LogP contribution in [0.1, 0.15) is 16.8 Å². The SMILES string of the molecule is O=C(NCC1(O)CCOC1)c1ccc(Cl)c(F)c1. The number of rotatable bonds is 3. The van der Waals surface area contributed by atoms with Crippen molar-refractivity contribution < 1.29 is 19.0 Å². The van der Waals surface area contributed by atoms with Crippen molar-refractivity contribution >= 4 is 17.5 Å². The number of carbonyl (C=O) groups excluding carboxylic acids is 1. The van der Waals surface area contributed by atoms with Crippen LogP contribution in [0.2, 0.25) is 5.02 Å². The monoisotopic (exact) mass is 273 g/mol. The van der Waals surface area contributed by atoms with E-state index in [4.69, 9.17) is 16.3 Å². The Labute approximate surface area is 109 Å². The molecule has 1 fully saturated rings. The number of benzene rings is 1. The topological polar surface area (TPSA) is 58.6 Å². The van der Waals surface area contributed by atoms with Crippen LogP contribution in [-0.2, 0) is 4.74 Å². The number of hydrogen-bond acceptors (Lipinski definition) is 3. The first-order valence-electron chi connectivity index (χ1n) is 5.54. The lowest BCUT2D eigenvalue weighted by Crippen LogP contribution is -2.43. The number of carbonyl (C=O) groups is 1. The van der Waals surface area contributed by atoms with Gasteiger partial charge in [-0.25, -0.2) is 4.39 Å². The van der Waals surface area contributed by atoms with Crippen LogP contribution >= 0.6 is 11.6 Å². The van der Waals surface area contributed by atoms with Crippen LogP contribution in [0.4, 0.5) is 4.39 Å². The molecule has 2 N–H and O–H groups in total. The zero-order chi connectivity index (χ0) is 13.2. The summed E-state index contributed by atoms with van der Waals surface area (Å²) in [7, 11) is 0. The number of ether oxygens (including phenoxy) is 1. The molecule has 0 aliphatic carbocycles. The predicted octanol–water partition coefficient (Wildman–Crippen LogP) is 1.36. The highest BCUT2D eigenvalue weighted by molar-refractivity contribution is 6.30. The van der Waals surface area contributed by atoms with E-state index in [0.29, 0.717) is 13.0 Å². The second-order valence-corrected chi connectivity index (χ2v) is 4.75. The van der Waals surface area contributed by atoms with E-state index in [0.717, 1.165) is 6.07 Å². The van der Waals surface area contributed by atoms with Gasteiger partial charge in [-0.15, -0.1) is 0 Å². The van der Waals surface area contributed by atoms with Crippen LogP contribution in [0.25, 0.3) is 0 Å². The van der Waals surface area contributed by atoms with Gasteiger partial charge in [0.2, 0.25) is 0 Å². The molecule has 18 heavy (non-hydrogen) atoms. The lowest BCUT2D eigenvalue weighted by atomic mass is 10.0. The van der Waals surface area contributed by atoms with E-state index in [2.05, 4.69) is 5.32 Å². The molecule has 6 heteroatoms. The molecule has 4 nitrogen and oxygen atoms in total. The Morgan fingerprint density at radius 2 is 2.39 bits per heavy atom. The average molecular weight is 274 g/mol. The fourth-order valence-corrected chi connectivity index (χ4v) is 1.84. The van der Waals surface area contributed by atoms with E-state index in [1.54, 1.807) is 0 Å². The first kappa shape index (κ1) is 13.3. The minimum absolute atomic E-state index is 0.0330. The smallest absolute Gasteiger partial charge is 0.251 e. The molecule has 0 bridgehead atoms. The molecule has 1 aliphatic rings. The minimum Gasteiger partial charge on any atom is -0.386 e. The summed E-state index contributed by atoms with van der Waals surface area (Å²) in [6.07, 6.45) is 0.474. The van der Waals surface area contributed by atoms with Crippen molar-refractivity contribution in [3.8, 4) is 0 Å². The average Bonchev–Trinajstić information content (AvgIpc) is 2.77. The summed E-state index contributed by atoms with van der Waals surface area (Å²) in [6.45, 7) is 0.750. The minimum atomic E-state index is -1.03. The van der Waals surface area contributed by atoms with E-state index < -0.39 is 17.3 Å². The molecule has 2 rings (SSSR count). The molecule has 98 valence electrons. The maximum atomic E-state index is 13.2. The number of halogens is 2. The molecule has 1 aromatic rings. The van der Waals surface area contributed by atoms with E-state index in [1.165, 1.54) is 12.1 Å². The molecule has 0 spiro atoms. The lowest BCUT2D eigenvalue weighted by Gasteiger charge is -2.20. The van der Waals surface area contributed by atoms with Crippen LogP contribution in [-0.4, -0.2) is 36.4 Å². The Kier molecular flexibility index (Phi) is 3.85. The maximum Gasteiger partial charge on any atom is 0.251 e. The number of hydrogen-bond donors (Lipinski definition) is 2. The molecule has 0 aromatic heterocycles. The van der Waals surface area contributed by atoms with Gasteiger partial charge in [-0.2, -0.15) is 0 Å². The predicted molar refractivity (Wildman–Crippen MR) is 64.1 cm³/mol. The van der Waals surface area contributed by atoms with Gasteiger partial charge in [0, 0.05) is 25.1 Å². The van der Waals surface area contributed by atoms with Gasteiger partial charge >= 0.3 is 0 Å². The van der Waals surface area contributed by atoms with Gasteiger partial charge in [0.1, 0.15) is 11.4 Å². The highest BCUT2D eigenvalue weighted by Gasteiger charge is 2.32. The largest absolute Gasteiger partial charge is 0.386 e. The van der Waals surface area contributed by atoms with E-state index in [-0.39, 0.29) is 23.7 Å². The Balaban J connectivity index is 1.97. The summed E-state index contributed by atoms with van der Waals surface area (Å²) in [4.78, 5) is 11.7. The second kappa shape index (κ2) is 5.22. The van der Waals surface area contributed by atoms with Gasteiger partial charge in [0.05, 0.1) is 11.6 Å². The molecule has 0 radical (unpaired) electrons. The van der Waals surface area contributed by atoms with E-state index >= 15 is 0 Å². The lowest BCUT2D eigenvalue weighted by molar-refractivity contribution is 0.0264. The van der Waals surface area contributed by atoms with Gasteiger partial charge < -0.3 is 15.2 Å². The molecular weight excluding hydrogens is 261 g/mol. The molecule has 1 heterocycles. The summed E-state index contributed by atoms with van der Waals surface area (Å²) >= 11 is 5.52. The van der Waals surface area contributed by atoms with Crippen molar-refractivity contribution in [1.29, 1.82) is 0 Å². The first-order valence-corrected chi connectivity index (χ1v) is 5.91. The van der Waals surface area contributed by atoms with Crippen LogP contribution < -0.4 is 5.32 Å². The van der Waals surface area contributed by atoms with Crippen molar-refractivity contribution in [3.63, 3.8) is 0 Å². The molecular formula is C12H13ClFNO3. The number of aliphatic hydroxyl groups is 1. The summed E-state index contributed by atoms with van der Waals surface area (Å²) in [5.74, 6) is -1.10. The van der Waals surface area contributed by atoms with Crippen LogP contribution in [0.5, 0.6) is 0 Å². The zero-order valence-corrected chi connectivity index (χ0v) is 10.3. The summed E-state index contributed by atoms with van der Waals surface area (Å²) in [6, 6.07) is 3.81. The highest BCUT2D eigenvalue weighted by Crippen LogP contribution is 2.18. The Bertz CT molecular complexity index is 461. The van der Waals surface area contributed by atoms with Crippen molar-refractivity contribution in [2.45, 2.75) is 12.0 Å². The Hall–Kier alpha value is -1.17. The summed E-state index contributed by atoms with van der Waals surface area (Å²) in [5.41, 5.74) is -0.861. The van der Waals surface area contributed by atoms with Crippen molar-refractivity contribution in [3.05, 3.63) is 34.6 Å². The van der Waals surface area contributed by atoms with Gasteiger partial charge in [-0.3, -0.25) is 4.79 Å².